The maximum atomic E-state index is 9.79. The van der Waals surface area contributed by atoms with Gasteiger partial charge >= 0.3 is 0 Å². The molecule has 1 atom stereocenters. The summed E-state index contributed by atoms with van der Waals surface area (Å²) < 4.78 is 11.4. The molecule has 0 aliphatic heterocycles. The van der Waals surface area contributed by atoms with E-state index in [2.05, 4.69) is 5.32 Å². The molecule has 4 nitrogen and oxygen atoms in total. The van der Waals surface area contributed by atoms with Gasteiger partial charge < -0.3 is 19.9 Å². The van der Waals surface area contributed by atoms with Crippen LogP contribution < -0.4 is 5.32 Å². The highest BCUT2D eigenvalue weighted by Gasteiger charge is 2.17. The molecule has 2 saturated carbocycles. The van der Waals surface area contributed by atoms with Crippen molar-refractivity contribution in [1.82, 2.24) is 5.32 Å². The summed E-state index contributed by atoms with van der Waals surface area (Å²) in [6.45, 7) is 2.62. The van der Waals surface area contributed by atoms with E-state index in [0.717, 1.165) is 26.0 Å². The van der Waals surface area contributed by atoms with Gasteiger partial charge in [-0.05, 0) is 25.7 Å². The zero-order valence-corrected chi connectivity index (χ0v) is 12.0. The van der Waals surface area contributed by atoms with Crippen molar-refractivity contribution in [3.8, 4) is 0 Å². The third-order valence-corrected chi connectivity index (χ3v) is 4.14. The molecule has 19 heavy (non-hydrogen) atoms. The van der Waals surface area contributed by atoms with Crippen LogP contribution in [0.1, 0.15) is 51.4 Å². The lowest BCUT2D eigenvalue weighted by molar-refractivity contribution is -0.00658. The van der Waals surface area contributed by atoms with Crippen LogP contribution in [0.5, 0.6) is 0 Å². The summed E-state index contributed by atoms with van der Waals surface area (Å²) in [4.78, 5) is 0. The molecule has 2 aliphatic carbocycles. The fourth-order valence-corrected chi connectivity index (χ4v) is 2.98. The Morgan fingerprint density at radius 2 is 1.53 bits per heavy atom. The minimum atomic E-state index is -0.396. The molecule has 4 heteroatoms. The van der Waals surface area contributed by atoms with Gasteiger partial charge in [0.25, 0.3) is 0 Å². The first-order valence-corrected chi connectivity index (χ1v) is 7.96. The lowest BCUT2D eigenvalue weighted by Gasteiger charge is -2.16. The van der Waals surface area contributed by atoms with Gasteiger partial charge in [-0.3, -0.25) is 0 Å². The van der Waals surface area contributed by atoms with E-state index >= 15 is 0 Å². The maximum absolute atomic E-state index is 9.79. The second-order valence-electron chi connectivity index (χ2n) is 5.88. The summed E-state index contributed by atoms with van der Waals surface area (Å²) >= 11 is 0. The minimum Gasteiger partial charge on any atom is -0.389 e. The van der Waals surface area contributed by atoms with Crippen molar-refractivity contribution >= 4 is 0 Å². The quantitative estimate of drug-likeness (QED) is 0.628. The van der Waals surface area contributed by atoms with Crippen LogP contribution in [0, 0.1) is 0 Å². The van der Waals surface area contributed by atoms with Gasteiger partial charge in [0.15, 0.2) is 0 Å². The Kier molecular flexibility index (Phi) is 7.14. The van der Waals surface area contributed by atoms with E-state index in [-0.39, 0.29) is 0 Å². The molecule has 2 fully saturated rings. The topological polar surface area (TPSA) is 50.7 Å². The Morgan fingerprint density at radius 1 is 0.947 bits per heavy atom. The van der Waals surface area contributed by atoms with Crippen LogP contribution in [0.3, 0.4) is 0 Å². The van der Waals surface area contributed by atoms with Crippen molar-refractivity contribution < 1.29 is 14.6 Å². The molecule has 0 aromatic rings. The number of hydrogen-bond donors (Lipinski definition) is 2. The number of ether oxygens (including phenoxy) is 2. The first kappa shape index (κ1) is 15.2. The van der Waals surface area contributed by atoms with Crippen LogP contribution >= 0.6 is 0 Å². The highest BCUT2D eigenvalue weighted by atomic mass is 16.5. The fraction of sp³-hybridized carbons (Fsp3) is 1.00. The Bertz CT molecular complexity index is 225. The smallest absolute Gasteiger partial charge is 0.0897 e. The maximum Gasteiger partial charge on any atom is 0.0897 e. The normalized spacial score (nSPS) is 23.2. The first-order chi connectivity index (χ1) is 9.34. The van der Waals surface area contributed by atoms with Crippen molar-refractivity contribution in [1.29, 1.82) is 0 Å². The molecule has 2 rings (SSSR count). The summed E-state index contributed by atoms with van der Waals surface area (Å²) in [5.74, 6) is 0. The number of hydrogen-bond acceptors (Lipinski definition) is 4. The second kappa shape index (κ2) is 8.90. The van der Waals surface area contributed by atoms with Gasteiger partial charge in [0.2, 0.25) is 0 Å². The van der Waals surface area contributed by atoms with Gasteiger partial charge in [0.1, 0.15) is 0 Å². The Morgan fingerprint density at radius 3 is 2.16 bits per heavy atom. The van der Waals surface area contributed by atoms with Crippen molar-refractivity contribution in [2.24, 2.45) is 0 Å². The van der Waals surface area contributed by atoms with Crippen LogP contribution in [-0.2, 0) is 9.47 Å². The molecule has 0 saturated heterocycles. The number of nitrogens with one attached hydrogen (secondary N) is 1. The summed E-state index contributed by atoms with van der Waals surface area (Å²) in [7, 11) is 0. The van der Waals surface area contributed by atoms with Crippen molar-refractivity contribution in [2.45, 2.75) is 69.7 Å². The summed E-state index contributed by atoms with van der Waals surface area (Å²) in [6, 6.07) is 0. The molecule has 0 bridgehead atoms. The van der Waals surface area contributed by atoms with E-state index in [4.69, 9.17) is 9.47 Å². The predicted octanol–water partition coefficient (Wildman–Crippen LogP) is 1.86. The second-order valence-corrected chi connectivity index (χ2v) is 5.88. The average Bonchev–Trinajstić information content (AvgIpc) is 3.09. The summed E-state index contributed by atoms with van der Waals surface area (Å²) in [6.07, 6.45) is 10.4. The zero-order valence-electron chi connectivity index (χ0n) is 12.0. The van der Waals surface area contributed by atoms with E-state index in [1.807, 2.05) is 0 Å². The molecule has 0 amide bonds. The Labute approximate surface area is 116 Å². The van der Waals surface area contributed by atoms with Gasteiger partial charge in [-0.15, -0.1) is 0 Å². The molecule has 2 N–H and O–H groups in total. The van der Waals surface area contributed by atoms with Crippen molar-refractivity contribution in [2.75, 3.05) is 26.3 Å². The number of aliphatic hydroxyl groups is 1. The van der Waals surface area contributed by atoms with Crippen LogP contribution in [-0.4, -0.2) is 49.7 Å². The Balaban J connectivity index is 1.39. The van der Waals surface area contributed by atoms with E-state index in [0.29, 0.717) is 25.4 Å². The largest absolute Gasteiger partial charge is 0.389 e. The van der Waals surface area contributed by atoms with Gasteiger partial charge in [0.05, 0.1) is 31.5 Å². The highest BCUT2D eigenvalue weighted by molar-refractivity contribution is 4.69. The predicted molar refractivity (Wildman–Crippen MR) is 75.3 cm³/mol. The third-order valence-electron chi connectivity index (χ3n) is 4.14. The number of rotatable bonds is 9. The molecule has 0 radical (unpaired) electrons. The lowest BCUT2D eigenvalue weighted by Crippen LogP contribution is -2.33. The number of aliphatic hydroxyl groups excluding tert-OH is 1. The van der Waals surface area contributed by atoms with Crippen LogP contribution in [0.4, 0.5) is 0 Å². The Hall–Kier alpha value is -0.160. The van der Waals surface area contributed by atoms with Gasteiger partial charge in [0, 0.05) is 13.1 Å². The zero-order chi connectivity index (χ0) is 13.3. The molecule has 0 heterocycles. The SMILES string of the molecule is OC(CNCCOC1CCCC1)COC1CCCC1. The van der Waals surface area contributed by atoms with Gasteiger partial charge in [-0.1, -0.05) is 25.7 Å². The van der Waals surface area contributed by atoms with E-state index in [1.165, 1.54) is 38.5 Å². The molecule has 0 aromatic carbocycles. The van der Waals surface area contributed by atoms with Crippen LogP contribution in [0.25, 0.3) is 0 Å². The molecule has 0 spiro atoms. The first-order valence-electron chi connectivity index (χ1n) is 7.96. The van der Waals surface area contributed by atoms with Crippen molar-refractivity contribution in [3.05, 3.63) is 0 Å². The van der Waals surface area contributed by atoms with Crippen LogP contribution in [0.15, 0.2) is 0 Å². The molecule has 0 aromatic heterocycles. The fourth-order valence-electron chi connectivity index (χ4n) is 2.98. The van der Waals surface area contributed by atoms with E-state index < -0.39 is 6.10 Å². The molecular formula is C15H29NO3. The van der Waals surface area contributed by atoms with Gasteiger partial charge in [-0.25, -0.2) is 0 Å². The molecular weight excluding hydrogens is 242 g/mol. The summed E-state index contributed by atoms with van der Waals surface area (Å²) in [5, 5.41) is 13.0. The van der Waals surface area contributed by atoms with Crippen molar-refractivity contribution in [3.63, 3.8) is 0 Å². The minimum absolute atomic E-state index is 0.389. The third kappa shape index (κ3) is 6.21. The lowest BCUT2D eigenvalue weighted by atomic mass is 10.3. The average molecular weight is 271 g/mol. The monoisotopic (exact) mass is 271 g/mol. The van der Waals surface area contributed by atoms with Crippen LogP contribution in [0.2, 0.25) is 0 Å². The molecule has 2 aliphatic rings. The highest BCUT2D eigenvalue weighted by Crippen LogP contribution is 2.21. The van der Waals surface area contributed by atoms with E-state index in [1.54, 1.807) is 0 Å². The standard InChI is InChI=1S/C15H29NO3/c17-13(12-19-15-7-3-4-8-15)11-16-9-10-18-14-5-1-2-6-14/h13-17H,1-12H2. The van der Waals surface area contributed by atoms with Gasteiger partial charge in [-0.2, -0.15) is 0 Å². The molecule has 1 unspecified atom stereocenters. The molecule has 112 valence electrons. The summed E-state index contributed by atoms with van der Waals surface area (Å²) in [5.41, 5.74) is 0. The van der Waals surface area contributed by atoms with E-state index in [9.17, 15) is 5.11 Å².